The van der Waals surface area contributed by atoms with E-state index in [0.717, 1.165) is 30.8 Å². The molecule has 0 bridgehead atoms. The van der Waals surface area contributed by atoms with E-state index in [2.05, 4.69) is 21.2 Å². The second-order valence-corrected chi connectivity index (χ2v) is 10.2. The van der Waals surface area contributed by atoms with E-state index in [9.17, 15) is 22.4 Å². The molecule has 174 valence electrons. The number of carbonyl (C=O) groups is 2. The molecule has 8 nitrogen and oxygen atoms in total. The fourth-order valence-corrected chi connectivity index (χ4v) is 4.45. The number of carbonyl (C=O) groups excluding carboxylic acids is 2. The fraction of sp³-hybridized carbons (Fsp3) is 0.333. The third-order valence-electron chi connectivity index (χ3n) is 4.79. The summed E-state index contributed by atoms with van der Waals surface area (Å²) in [5, 5.41) is 2.51. The van der Waals surface area contributed by atoms with E-state index in [1.807, 2.05) is 12.1 Å². The van der Waals surface area contributed by atoms with E-state index in [1.54, 1.807) is 19.1 Å². The van der Waals surface area contributed by atoms with Gasteiger partial charge in [-0.2, -0.15) is 12.7 Å². The molecule has 1 atom stereocenters. The number of halogens is 2. The van der Waals surface area contributed by atoms with Crippen molar-refractivity contribution in [2.75, 3.05) is 32.0 Å². The Bertz CT molecular complexity index is 1060. The molecule has 2 rings (SSSR count). The summed E-state index contributed by atoms with van der Waals surface area (Å²) >= 11 is 3.38. The summed E-state index contributed by atoms with van der Waals surface area (Å²) in [5.41, 5.74) is 0.885. The Morgan fingerprint density at radius 1 is 1.12 bits per heavy atom. The lowest BCUT2D eigenvalue weighted by Crippen LogP contribution is -2.52. The summed E-state index contributed by atoms with van der Waals surface area (Å²) < 4.78 is 41.9. The van der Waals surface area contributed by atoms with Crippen molar-refractivity contribution in [3.63, 3.8) is 0 Å². The van der Waals surface area contributed by atoms with Crippen LogP contribution in [0.1, 0.15) is 12.5 Å². The zero-order chi connectivity index (χ0) is 24.1. The number of nitrogens with one attached hydrogen (secondary N) is 1. The molecule has 0 fully saturated rings. The van der Waals surface area contributed by atoms with Gasteiger partial charge in [-0.05, 0) is 48.9 Å². The molecule has 1 N–H and O–H groups in total. The minimum atomic E-state index is -4.08. The summed E-state index contributed by atoms with van der Waals surface area (Å²) in [7, 11) is 0.0565. The van der Waals surface area contributed by atoms with Gasteiger partial charge in [0.05, 0.1) is 5.69 Å². The average Bonchev–Trinajstić information content (AvgIpc) is 2.75. The highest BCUT2D eigenvalue weighted by Crippen LogP contribution is 2.21. The van der Waals surface area contributed by atoms with Crippen LogP contribution in [0.3, 0.4) is 0 Å². The maximum atomic E-state index is 13.4. The number of rotatable bonds is 9. The van der Waals surface area contributed by atoms with Crippen LogP contribution in [0.2, 0.25) is 0 Å². The van der Waals surface area contributed by atoms with E-state index in [1.165, 1.54) is 38.2 Å². The van der Waals surface area contributed by atoms with Crippen molar-refractivity contribution in [3.05, 3.63) is 64.4 Å². The first-order chi connectivity index (χ1) is 15.0. The summed E-state index contributed by atoms with van der Waals surface area (Å²) in [4.78, 5) is 27.0. The minimum Gasteiger partial charge on any atom is -0.357 e. The van der Waals surface area contributed by atoms with Crippen molar-refractivity contribution < 1.29 is 22.4 Å². The number of nitrogens with zero attached hydrogens (tertiary/aromatic N) is 3. The molecule has 0 aliphatic rings. The summed E-state index contributed by atoms with van der Waals surface area (Å²) in [5.74, 6) is -1.51. The minimum absolute atomic E-state index is 0.0894. The van der Waals surface area contributed by atoms with Crippen LogP contribution in [0, 0.1) is 5.82 Å². The van der Waals surface area contributed by atoms with Gasteiger partial charge in [-0.1, -0.05) is 28.1 Å². The highest BCUT2D eigenvalue weighted by molar-refractivity contribution is 9.10. The average molecular weight is 529 g/mol. The molecule has 32 heavy (non-hydrogen) atoms. The molecule has 0 aliphatic heterocycles. The van der Waals surface area contributed by atoms with Gasteiger partial charge in [0.2, 0.25) is 11.8 Å². The molecule has 0 aliphatic carbocycles. The van der Waals surface area contributed by atoms with Gasteiger partial charge in [-0.15, -0.1) is 0 Å². The van der Waals surface area contributed by atoms with E-state index in [4.69, 9.17) is 0 Å². The molecule has 2 aromatic carbocycles. The zero-order valence-electron chi connectivity index (χ0n) is 18.2. The quantitative estimate of drug-likeness (QED) is 0.540. The number of anilines is 1. The zero-order valence-corrected chi connectivity index (χ0v) is 20.7. The first kappa shape index (κ1) is 25.8. The second kappa shape index (κ2) is 10.9. The Labute approximate surface area is 196 Å². The van der Waals surface area contributed by atoms with Crippen LogP contribution in [0.4, 0.5) is 10.1 Å². The van der Waals surface area contributed by atoms with Gasteiger partial charge in [0.1, 0.15) is 18.4 Å². The van der Waals surface area contributed by atoms with Crippen molar-refractivity contribution in [1.29, 1.82) is 0 Å². The lowest BCUT2D eigenvalue weighted by molar-refractivity contribution is -0.139. The molecule has 0 saturated carbocycles. The number of amides is 2. The molecule has 0 unspecified atom stereocenters. The Morgan fingerprint density at radius 2 is 1.75 bits per heavy atom. The van der Waals surface area contributed by atoms with Crippen molar-refractivity contribution in [2.45, 2.75) is 19.5 Å². The van der Waals surface area contributed by atoms with Crippen molar-refractivity contribution in [1.82, 2.24) is 14.5 Å². The molecule has 11 heteroatoms. The largest absolute Gasteiger partial charge is 0.357 e. The number of hydrogen-bond donors (Lipinski definition) is 1. The van der Waals surface area contributed by atoms with Crippen molar-refractivity contribution in [2.24, 2.45) is 0 Å². The molecule has 2 aromatic rings. The van der Waals surface area contributed by atoms with Crippen LogP contribution in [0.25, 0.3) is 0 Å². The third-order valence-corrected chi connectivity index (χ3v) is 7.10. The smallest absolute Gasteiger partial charge is 0.304 e. The predicted octanol–water partition coefficient (Wildman–Crippen LogP) is 2.36. The summed E-state index contributed by atoms with van der Waals surface area (Å²) in [6.07, 6.45) is 0. The molecular formula is C21H26BrFN4O4S. The Balaban J connectivity index is 2.44. The first-order valence-corrected chi connectivity index (χ1v) is 11.9. The fourth-order valence-electron chi connectivity index (χ4n) is 2.95. The molecule has 0 saturated heterocycles. The highest BCUT2D eigenvalue weighted by atomic mass is 79.9. The normalized spacial score (nSPS) is 12.3. The van der Waals surface area contributed by atoms with E-state index >= 15 is 0 Å². The maximum absolute atomic E-state index is 13.4. The third kappa shape index (κ3) is 6.27. The summed E-state index contributed by atoms with van der Waals surface area (Å²) in [6, 6.07) is 11.2. The lowest BCUT2D eigenvalue weighted by atomic mass is 10.1. The van der Waals surface area contributed by atoms with Crippen LogP contribution >= 0.6 is 15.9 Å². The van der Waals surface area contributed by atoms with Gasteiger partial charge < -0.3 is 10.2 Å². The molecule has 0 aromatic heterocycles. The lowest BCUT2D eigenvalue weighted by Gasteiger charge is -2.32. The number of hydrogen-bond acceptors (Lipinski definition) is 4. The standard InChI is InChI=1S/C21H26BrFN4O4S/c1-15(21(29)24-2)26(13-16-6-5-7-17(22)12-16)20(28)14-27(32(30,31)25(3)4)19-10-8-18(23)9-11-19/h5-12,15H,13-14H2,1-4H3,(H,24,29)/t15-/m1/s1. The number of likely N-dealkylation sites (N-methyl/N-ethyl adjacent to an activating group) is 1. The van der Waals surface area contributed by atoms with Crippen molar-refractivity contribution in [3.8, 4) is 0 Å². The molecular weight excluding hydrogens is 503 g/mol. The van der Waals surface area contributed by atoms with Gasteiger partial charge in [0.15, 0.2) is 0 Å². The van der Waals surface area contributed by atoms with Gasteiger partial charge >= 0.3 is 10.2 Å². The van der Waals surface area contributed by atoms with Crippen LogP contribution < -0.4 is 9.62 Å². The molecule has 0 radical (unpaired) electrons. The Morgan fingerprint density at radius 3 is 2.28 bits per heavy atom. The molecule has 0 heterocycles. The SMILES string of the molecule is CNC(=O)[C@@H](C)N(Cc1cccc(Br)c1)C(=O)CN(c1ccc(F)cc1)S(=O)(=O)N(C)C. The summed E-state index contributed by atoms with van der Waals surface area (Å²) in [6.45, 7) is 1.09. The van der Waals surface area contributed by atoms with Gasteiger partial charge in [-0.25, -0.2) is 8.70 Å². The topological polar surface area (TPSA) is 90.0 Å². The van der Waals surface area contributed by atoms with E-state index in [-0.39, 0.29) is 12.2 Å². The first-order valence-electron chi connectivity index (χ1n) is 9.68. The van der Waals surface area contributed by atoms with Crippen LogP contribution in [0.15, 0.2) is 53.0 Å². The van der Waals surface area contributed by atoms with Crippen LogP contribution in [-0.2, 0) is 26.3 Å². The molecule has 2 amide bonds. The van der Waals surface area contributed by atoms with Gasteiger partial charge in [-0.3, -0.25) is 9.59 Å². The van der Waals surface area contributed by atoms with Crippen LogP contribution in [0.5, 0.6) is 0 Å². The Hall–Kier alpha value is -2.50. The Kier molecular flexibility index (Phi) is 8.76. The number of benzene rings is 2. The second-order valence-electron chi connectivity index (χ2n) is 7.22. The van der Waals surface area contributed by atoms with E-state index in [0.29, 0.717) is 0 Å². The van der Waals surface area contributed by atoms with Crippen molar-refractivity contribution >= 4 is 43.6 Å². The van der Waals surface area contributed by atoms with E-state index < -0.39 is 40.4 Å². The van der Waals surface area contributed by atoms with Gasteiger partial charge in [0, 0.05) is 32.2 Å². The molecule has 0 spiro atoms. The maximum Gasteiger partial charge on any atom is 0.304 e. The highest BCUT2D eigenvalue weighted by Gasteiger charge is 2.32. The monoisotopic (exact) mass is 528 g/mol. The predicted molar refractivity (Wildman–Crippen MR) is 125 cm³/mol. The van der Waals surface area contributed by atoms with Crippen LogP contribution in [-0.4, -0.2) is 63.2 Å². The van der Waals surface area contributed by atoms with Gasteiger partial charge in [0.25, 0.3) is 0 Å².